The molecule has 2 amide bonds. The summed E-state index contributed by atoms with van der Waals surface area (Å²) in [5, 5.41) is 14.8. The van der Waals surface area contributed by atoms with E-state index in [0.717, 1.165) is 24.0 Å². The number of rotatable bonds is 8. The van der Waals surface area contributed by atoms with Gasteiger partial charge in [0.1, 0.15) is 6.61 Å². The van der Waals surface area contributed by atoms with E-state index in [1.165, 1.54) is 11.1 Å². The van der Waals surface area contributed by atoms with E-state index in [4.69, 9.17) is 9.84 Å². The van der Waals surface area contributed by atoms with Gasteiger partial charge in [-0.25, -0.2) is 4.79 Å². The number of carboxylic acids is 1. The average molecular weight is 463 g/mol. The maximum absolute atomic E-state index is 13.0. The van der Waals surface area contributed by atoms with Crippen LogP contribution in [0.1, 0.15) is 49.1 Å². The SMILES string of the molecule is O=C(NCC1(C(=O)NC[C@H]2C[C@H]2C(=O)O)CCCC1)OCC1c2ccccc2-c2ccccc21. The van der Waals surface area contributed by atoms with E-state index in [9.17, 15) is 14.4 Å². The summed E-state index contributed by atoms with van der Waals surface area (Å²) in [6, 6.07) is 16.4. The van der Waals surface area contributed by atoms with Crippen LogP contribution in [0.2, 0.25) is 0 Å². The van der Waals surface area contributed by atoms with Crippen LogP contribution in [0.15, 0.2) is 48.5 Å². The van der Waals surface area contributed by atoms with Gasteiger partial charge in [-0.3, -0.25) is 9.59 Å². The number of ether oxygens (including phenoxy) is 1. The minimum Gasteiger partial charge on any atom is -0.481 e. The van der Waals surface area contributed by atoms with E-state index in [2.05, 4.69) is 34.9 Å². The van der Waals surface area contributed by atoms with Crippen LogP contribution in [0.4, 0.5) is 4.79 Å². The summed E-state index contributed by atoms with van der Waals surface area (Å²) in [7, 11) is 0. The van der Waals surface area contributed by atoms with E-state index in [1.807, 2.05) is 24.3 Å². The molecule has 0 saturated heterocycles. The molecule has 0 radical (unpaired) electrons. The average Bonchev–Trinajstić information content (AvgIpc) is 3.35. The van der Waals surface area contributed by atoms with Crippen molar-refractivity contribution in [1.82, 2.24) is 10.6 Å². The lowest BCUT2D eigenvalue weighted by Crippen LogP contribution is -2.47. The summed E-state index contributed by atoms with van der Waals surface area (Å²) < 4.78 is 5.63. The summed E-state index contributed by atoms with van der Waals surface area (Å²) >= 11 is 0. The first-order valence-electron chi connectivity index (χ1n) is 12.1. The highest BCUT2D eigenvalue weighted by Crippen LogP contribution is 2.44. The predicted molar refractivity (Wildman–Crippen MR) is 126 cm³/mol. The Balaban J connectivity index is 1.16. The molecule has 2 aromatic carbocycles. The number of hydrogen-bond acceptors (Lipinski definition) is 4. The Morgan fingerprint density at radius 2 is 1.56 bits per heavy atom. The van der Waals surface area contributed by atoms with E-state index in [0.29, 0.717) is 25.8 Å². The summed E-state index contributed by atoms with van der Waals surface area (Å²) in [5.41, 5.74) is 4.01. The fraction of sp³-hybridized carbons (Fsp3) is 0.444. The Bertz CT molecular complexity index is 1060. The molecule has 7 nitrogen and oxygen atoms in total. The molecule has 34 heavy (non-hydrogen) atoms. The second kappa shape index (κ2) is 9.12. The van der Waals surface area contributed by atoms with Gasteiger partial charge < -0.3 is 20.5 Å². The third kappa shape index (κ3) is 4.27. The highest BCUT2D eigenvalue weighted by Gasteiger charge is 2.45. The normalized spacial score (nSPS) is 21.9. The molecule has 0 aliphatic heterocycles. The number of fused-ring (bicyclic) bond motifs is 3. The van der Waals surface area contributed by atoms with Crippen molar-refractivity contribution in [2.24, 2.45) is 17.3 Å². The molecule has 3 N–H and O–H groups in total. The summed E-state index contributed by atoms with van der Waals surface area (Å²) in [5.74, 6) is -1.25. The number of amides is 2. The molecule has 0 bridgehead atoms. The highest BCUT2D eigenvalue weighted by atomic mass is 16.5. The molecule has 7 heteroatoms. The van der Waals surface area contributed by atoms with E-state index in [-0.39, 0.29) is 36.8 Å². The molecule has 2 fully saturated rings. The third-order valence-electron chi connectivity index (χ3n) is 7.72. The largest absolute Gasteiger partial charge is 0.481 e. The Morgan fingerprint density at radius 3 is 2.15 bits per heavy atom. The monoisotopic (exact) mass is 462 g/mol. The number of alkyl carbamates (subject to hydrolysis) is 1. The third-order valence-corrected chi connectivity index (χ3v) is 7.72. The van der Waals surface area contributed by atoms with Crippen LogP contribution < -0.4 is 10.6 Å². The van der Waals surface area contributed by atoms with Gasteiger partial charge in [-0.1, -0.05) is 61.4 Å². The van der Waals surface area contributed by atoms with E-state index < -0.39 is 17.5 Å². The van der Waals surface area contributed by atoms with Crippen molar-refractivity contribution < 1.29 is 24.2 Å². The summed E-state index contributed by atoms with van der Waals surface area (Å²) in [4.78, 5) is 36.6. The van der Waals surface area contributed by atoms with Crippen LogP contribution in [0.5, 0.6) is 0 Å². The minimum absolute atomic E-state index is 0.00925. The number of benzene rings is 2. The number of carboxylic acid groups (broad SMARTS) is 1. The lowest BCUT2D eigenvalue weighted by molar-refractivity contribution is -0.139. The topological polar surface area (TPSA) is 105 Å². The van der Waals surface area contributed by atoms with Crippen LogP contribution in [0.25, 0.3) is 11.1 Å². The Labute approximate surface area is 198 Å². The molecule has 2 saturated carbocycles. The molecular weight excluding hydrogens is 432 g/mol. The molecule has 178 valence electrons. The number of aliphatic carboxylic acids is 1. The van der Waals surface area contributed by atoms with Gasteiger partial charge in [0.15, 0.2) is 0 Å². The fourth-order valence-electron chi connectivity index (χ4n) is 5.61. The van der Waals surface area contributed by atoms with Crippen molar-refractivity contribution in [1.29, 1.82) is 0 Å². The molecule has 3 aliphatic rings. The van der Waals surface area contributed by atoms with Gasteiger partial charge >= 0.3 is 12.1 Å². The molecule has 0 aromatic heterocycles. The van der Waals surface area contributed by atoms with Crippen LogP contribution >= 0.6 is 0 Å². The van der Waals surface area contributed by atoms with Crippen molar-refractivity contribution in [2.75, 3.05) is 19.7 Å². The Kier molecular flexibility index (Phi) is 6.02. The minimum atomic E-state index is -0.799. The van der Waals surface area contributed by atoms with Crippen LogP contribution in [0.3, 0.4) is 0 Å². The summed E-state index contributed by atoms with van der Waals surface area (Å²) in [6.45, 7) is 0.836. The maximum atomic E-state index is 13.0. The van der Waals surface area contributed by atoms with Crippen molar-refractivity contribution >= 4 is 18.0 Å². The standard InChI is InChI=1S/C27H30N2O5/c30-24(31)22-13-17(22)14-28-25(32)27(11-5-6-12-27)16-29-26(33)34-15-23-20-9-3-1-7-18(20)19-8-2-4-10-21(19)23/h1-4,7-10,17,22-23H,5-6,11-16H2,(H,28,32)(H,29,33)(H,30,31)/t17-,22-/m1/s1. The molecule has 3 aliphatic carbocycles. The van der Waals surface area contributed by atoms with Crippen molar-refractivity contribution in [3.63, 3.8) is 0 Å². The van der Waals surface area contributed by atoms with Crippen molar-refractivity contribution in [3.8, 4) is 11.1 Å². The van der Waals surface area contributed by atoms with Gasteiger partial charge in [0.2, 0.25) is 5.91 Å². The van der Waals surface area contributed by atoms with E-state index >= 15 is 0 Å². The second-order valence-corrected chi connectivity index (χ2v) is 9.82. The molecule has 0 heterocycles. The van der Waals surface area contributed by atoms with E-state index in [1.54, 1.807) is 0 Å². The number of carbonyl (C=O) groups is 3. The maximum Gasteiger partial charge on any atom is 0.407 e. The number of nitrogens with one attached hydrogen (secondary N) is 2. The quantitative estimate of drug-likeness (QED) is 0.552. The van der Waals surface area contributed by atoms with Crippen molar-refractivity contribution in [2.45, 2.75) is 38.0 Å². The van der Waals surface area contributed by atoms with Crippen LogP contribution in [-0.4, -0.2) is 42.8 Å². The first-order valence-corrected chi connectivity index (χ1v) is 12.1. The zero-order valence-electron chi connectivity index (χ0n) is 19.1. The molecule has 0 unspecified atom stereocenters. The smallest absolute Gasteiger partial charge is 0.407 e. The number of carbonyl (C=O) groups excluding carboxylic acids is 2. The second-order valence-electron chi connectivity index (χ2n) is 9.82. The van der Waals surface area contributed by atoms with Gasteiger partial charge in [-0.05, 0) is 47.4 Å². The first-order chi connectivity index (χ1) is 16.5. The summed E-state index contributed by atoms with van der Waals surface area (Å²) in [6.07, 6.45) is 3.36. The van der Waals surface area contributed by atoms with Gasteiger partial charge in [-0.2, -0.15) is 0 Å². The number of hydrogen-bond donors (Lipinski definition) is 3. The van der Waals surface area contributed by atoms with Crippen LogP contribution in [-0.2, 0) is 14.3 Å². The van der Waals surface area contributed by atoms with Gasteiger partial charge in [0.05, 0.1) is 11.3 Å². The molecular formula is C27H30N2O5. The molecule has 2 aromatic rings. The molecule has 0 spiro atoms. The highest BCUT2D eigenvalue weighted by molar-refractivity contribution is 5.84. The Hall–Kier alpha value is -3.35. The predicted octanol–water partition coefficient (Wildman–Crippen LogP) is 3.92. The molecule has 2 atom stereocenters. The van der Waals surface area contributed by atoms with Crippen LogP contribution in [0, 0.1) is 17.3 Å². The molecule has 5 rings (SSSR count). The lowest BCUT2D eigenvalue weighted by Gasteiger charge is -2.28. The zero-order valence-corrected chi connectivity index (χ0v) is 19.1. The van der Waals surface area contributed by atoms with Gasteiger partial charge in [0.25, 0.3) is 0 Å². The zero-order chi connectivity index (χ0) is 23.7. The van der Waals surface area contributed by atoms with Gasteiger partial charge in [0, 0.05) is 19.0 Å². The fourth-order valence-corrected chi connectivity index (χ4v) is 5.61. The van der Waals surface area contributed by atoms with Crippen molar-refractivity contribution in [3.05, 3.63) is 59.7 Å². The Morgan fingerprint density at radius 1 is 0.941 bits per heavy atom. The first kappa shape index (κ1) is 22.4. The van der Waals surface area contributed by atoms with Gasteiger partial charge in [-0.15, -0.1) is 0 Å². The lowest BCUT2D eigenvalue weighted by atomic mass is 9.85.